The summed E-state index contributed by atoms with van der Waals surface area (Å²) < 4.78 is 0. The Hall–Kier alpha value is -0.300. The van der Waals surface area contributed by atoms with Gasteiger partial charge in [-0.05, 0) is 12.8 Å². The van der Waals surface area contributed by atoms with Gasteiger partial charge in [0.1, 0.15) is 0 Å². The lowest BCUT2D eigenvalue weighted by atomic mass is 10.3. The SMILES string of the molecule is C=CC[CH]C[N]CC. The molecule has 0 saturated heterocycles. The van der Waals surface area contributed by atoms with Crippen LogP contribution in [0, 0.1) is 6.42 Å². The summed E-state index contributed by atoms with van der Waals surface area (Å²) in [5.41, 5.74) is 0. The van der Waals surface area contributed by atoms with Gasteiger partial charge in [-0.1, -0.05) is 13.0 Å². The zero-order valence-electron chi connectivity index (χ0n) is 5.43. The van der Waals surface area contributed by atoms with Crippen LogP contribution in [0.5, 0.6) is 0 Å². The summed E-state index contributed by atoms with van der Waals surface area (Å²) in [5, 5.41) is 4.11. The Kier molecular flexibility index (Phi) is 6.45. The van der Waals surface area contributed by atoms with Crippen LogP contribution in [0.1, 0.15) is 13.3 Å². The standard InChI is InChI=1S/C7H13N/c1-3-5-6-7-8-4-2/h3,6H,1,4-5,7H2,2H3. The van der Waals surface area contributed by atoms with Crippen LogP contribution in [0.3, 0.4) is 0 Å². The average molecular weight is 111 g/mol. The van der Waals surface area contributed by atoms with Crippen LogP contribution in [-0.4, -0.2) is 13.1 Å². The lowest BCUT2D eigenvalue weighted by Crippen LogP contribution is -2.04. The number of hydrogen-bond acceptors (Lipinski definition) is 0. The van der Waals surface area contributed by atoms with Gasteiger partial charge in [0.2, 0.25) is 0 Å². The van der Waals surface area contributed by atoms with Crippen molar-refractivity contribution in [2.24, 2.45) is 0 Å². The van der Waals surface area contributed by atoms with Gasteiger partial charge in [-0.2, -0.15) is 0 Å². The molecule has 0 unspecified atom stereocenters. The first-order valence-electron chi connectivity index (χ1n) is 2.97. The molecule has 0 atom stereocenters. The van der Waals surface area contributed by atoms with E-state index in [4.69, 9.17) is 0 Å². The number of rotatable bonds is 5. The minimum atomic E-state index is 0.878. The summed E-state index contributed by atoms with van der Waals surface area (Å²) in [4.78, 5) is 0. The molecule has 0 aliphatic carbocycles. The second-order valence-electron chi connectivity index (χ2n) is 1.54. The van der Waals surface area contributed by atoms with Gasteiger partial charge >= 0.3 is 0 Å². The minimum Gasteiger partial charge on any atom is -0.242 e. The van der Waals surface area contributed by atoms with Crippen molar-refractivity contribution in [2.75, 3.05) is 13.1 Å². The number of unbranched alkanes of at least 4 members (excludes halogenated alkanes) is 1. The largest absolute Gasteiger partial charge is 0.242 e. The van der Waals surface area contributed by atoms with Crippen molar-refractivity contribution in [2.45, 2.75) is 13.3 Å². The maximum Gasteiger partial charge on any atom is 0.0167 e. The third kappa shape index (κ3) is 5.70. The maximum atomic E-state index is 4.11. The third-order valence-electron chi connectivity index (χ3n) is 0.815. The van der Waals surface area contributed by atoms with E-state index in [1.165, 1.54) is 0 Å². The predicted octanol–water partition coefficient (Wildman–Crippen LogP) is 1.39. The molecular weight excluding hydrogens is 98.1 g/mol. The lowest BCUT2D eigenvalue weighted by molar-refractivity contribution is 0.746. The summed E-state index contributed by atoms with van der Waals surface area (Å²) in [6.45, 7) is 7.43. The van der Waals surface area contributed by atoms with Crippen LogP contribution in [0.2, 0.25) is 0 Å². The smallest absolute Gasteiger partial charge is 0.0167 e. The Morgan fingerprint density at radius 2 is 2.38 bits per heavy atom. The quantitative estimate of drug-likeness (QED) is 0.376. The topological polar surface area (TPSA) is 14.1 Å². The molecule has 0 N–H and O–H groups in total. The highest BCUT2D eigenvalue weighted by molar-refractivity contribution is 4.78. The van der Waals surface area contributed by atoms with E-state index >= 15 is 0 Å². The highest BCUT2D eigenvalue weighted by Gasteiger charge is 1.81. The predicted molar refractivity (Wildman–Crippen MR) is 36.7 cm³/mol. The molecule has 0 aliphatic heterocycles. The molecule has 1 heteroatoms. The molecular formula is C7H13N. The van der Waals surface area contributed by atoms with Gasteiger partial charge in [-0.25, -0.2) is 5.32 Å². The highest BCUT2D eigenvalue weighted by Crippen LogP contribution is 1.83. The Balaban J connectivity index is 2.62. The molecule has 0 aliphatic rings. The summed E-state index contributed by atoms with van der Waals surface area (Å²) >= 11 is 0. The summed E-state index contributed by atoms with van der Waals surface area (Å²) in [7, 11) is 0. The molecule has 0 aromatic carbocycles. The molecule has 0 amide bonds. The second-order valence-corrected chi connectivity index (χ2v) is 1.54. The number of allylic oxidation sites excluding steroid dienone is 1. The molecule has 0 aromatic rings. The van der Waals surface area contributed by atoms with Gasteiger partial charge in [0.15, 0.2) is 0 Å². The fourth-order valence-corrected chi connectivity index (χ4v) is 0.413. The van der Waals surface area contributed by atoms with E-state index in [-0.39, 0.29) is 0 Å². The molecule has 0 rings (SSSR count). The Labute approximate surface area is 51.8 Å². The number of hydrogen-bond donors (Lipinski definition) is 0. The molecule has 8 heavy (non-hydrogen) atoms. The van der Waals surface area contributed by atoms with E-state index < -0.39 is 0 Å². The van der Waals surface area contributed by atoms with E-state index in [0.717, 1.165) is 19.5 Å². The van der Waals surface area contributed by atoms with Crippen molar-refractivity contribution in [3.8, 4) is 0 Å². The molecule has 0 spiro atoms. The Morgan fingerprint density at radius 1 is 1.62 bits per heavy atom. The van der Waals surface area contributed by atoms with Crippen LogP contribution in [0.15, 0.2) is 12.7 Å². The molecule has 0 bridgehead atoms. The summed E-state index contributed by atoms with van der Waals surface area (Å²) in [5.74, 6) is 0. The fraction of sp³-hybridized carbons (Fsp3) is 0.571. The molecule has 0 heterocycles. The summed E-state index contributed by atoms with van der Waals surface area (Å²) in [6, 6.07) is 0. The molecule has 0 aromatic heterocycles. The Morgan fingerprint density at radius 3 is 2.88 bits per heavy atom. The van der Waals surface area contributed by atoms with Crippen LogP contribution in [-0.2, 0) is 0 Å². The van der Waals surface area contributed by atoms with Crippen molar-refractivity contribution in [1.82, 2.24) is 5.32 Å². The normalized spacial score (nSPS) is 9.12. The van der Waals surface area contributed by atoms with E-state index in [9.17, 15) is 0 Å². The van der Waals surface area contributed by atoms with Crippen molar-refractivity contribution < 1.29 is 0 Å². The molecule has 0 fully saturated rings. The maximum absolute atomic E-state index is 4.11. The first-order chi connectivity index (χ1) is 3.91. The van der Waals surface area contributed by atoms with Crippen LogP contribution in [0.25, 0.3) is 0 Å². The first-order valence-corrected chi connectivity index (χ1v) is 2.97. The highest BCUT2D eigenvalue weighted by atomic mass is 14.8. The molecule has 0 saturated carbocycles. The van der Waals surface area contributed by atoms with Crippen LogP contribution < -0.4 is 5.32 Å². The van der Waals surface area contributed by atoms with Gasteiger partial charge in [0, 0.05) is 13.1 Å². The summed E-state index contributed by atoms with van der Waals surface area (Å²) in [6.07, 6.45) is 4.96. The first kappa shape index (κ1) is 7.70. The molecule has 46 valence electrons. The average Bonchev–Trinajstić information content (AvgIpc) is 1.81. The zero-order valence-corrected chi connectivity index (χ0v) is 5.43. The third-order valence-corrected chi connectivity index (χ3v) is 0.815. The van der Waals surface area contributed by atoms with Gasteiger partial charge in [0.05, 0.1) is 0 Å². The van der Waals surface area contributed by atoms with E-state index in [1.807, 2.05) is 13.0 Å². The zero-order chi connectivity index (χ0) is 6.24. The van der Waals surface area contributed by atoms with Crippen molar-refractivity contribution in [3.63, 3.8) is 0 Å². The number of nitrogens with zero attached hydrogens (tertiary/aromatic N) is 1. The minimum absolute atomic E-state index is 0.878. The van der Waals surface area contributed by atoms with E-state index in [0.29, 0.717) is 0 Å². The van der Waals surface area contributed by atoms with E-state index in [1.54, 1.807) is 0 Å². The van der Waals surface area contributed by atoms with Crippen molar-refractivity contribution in [1.29, 1.82) is 0 Å². The fourth-order valence-electron chi connectivity index (χ4n) is 0.413. The van der Waals surface area contributed by atoms with Gasteiger partial charge in [-0.15, -0.1) is 6.58 Å². The van der Waals surface area contributed by atoms with Crippen molar-refractivity contribution >= 4 is 0 Å². The van der Waals surface area contributed by atoms with Gasteiger partial charge in [-0.3, -0.25) is 0 Å². The van der Waals surface area contributed by atoms with Crippen LogP contribution >= 0.6 is 0 Å². The molecule has 1 nitrogen and oxygen atoms in total. The second kappa shape index (κ2) is 6.70. The Bertz CT molecular complexity index is 50.3. The van der Waals surface area contributed by atoms with Gasteiger partial charge < -0.3 is 0 Å². The van der Waals surface area contributed by atoms with Crippen LogP contribution in [0.4, 0.5) is 0 Å². The monoisotopic (exact) mass is 111 g/mol. The van der Waals surface area contributed by atoms with E-state index in [2.05, 4.69) is 18.3 Å². The van der Waals surface area contributed by atoms with Gasteiger partial charge in [0.25, 0.3) is 0 Å². The lowest BCUT2D eigenvalue weighted by Gasteiger charge is -1.92. The van der Waals surface area contributed by atoms with Crippen molar-refractivity contribution in [3.05, 3.63) is 19.1 Å². The molecule has 2 radical (unpaired) electrons.